The molecule has 0 atom stereocenters. The second kappa shape index (κ2) is 36.2. The average Bonchev–Trinajstić information content (AvgIpc) is 0. The average molecular weight is 265 g/mol. The van der Waals surface area contributed by atoms with Gasteiger partial charge in [-0.25, -0.2) is 0 Å². The number of hydrogen-bond acceptors (Lipinski definition) is 0. The van der Waals surface area contributed by atoms with Crippen LogP contribution in [0.1, 0.15) is 0 Å². The van der Waals surface area contributed by atoms with E-state index in [4.69, 9.17) is 0 Å². The Morgan fingerprint density at radius 2 is 0.800 bits per heavy atom. The quantitative estimate of drug-likeness (QED) is 0.581. The van der Waals surface area contributed by atoms with Crippen LogP contribution in [-0.2, 0) is 33.9 Å². The predicted molar refractivity (Wildman–Crippen MR) is 24.8 cm³/mol. The molecule has 0 fully saturated rings. The molecule has 0 N–H and O–H groups in total. The summed E-state index contributed by atoms with van der Waals surface area (Å²) in [6.07, 6.45) is 0. The standard InChI is InChI=1S/BrH.2ClH.Cr.Ni/h3*1H;;. The molecule has 0 amide bonds. The first-order valence-corrected chi connectivity index (χ1v) is 0. The Bertz CT molecular complexity index is 9.61. The molecule has 0 spiro atoms. The Morgan fingerprint density at radius 3 is 0.800 bits per heavy atom. The molecule has 0 heterocycles. The molecule has 0 radical (unpaired) electrons. The molecule has 0 rings (SSSR count). The number of hydrogen-bond donors (Lipinski definition) is 0. The molecular formula is H3BrCl2CrNi. The molecule has 0 aromatic rings. The van der Waals surface area contributed by atoms with Gasteiger partial charge in [-0.15, -0.1) is 41.8 Å². The van der Waals surface area contributed by atoms with E-state index >= 15 is 0 Å². The zero-order chi connectivity index (χ0) is 0. The van der Waals surface area contributed by atoms with Crippen molar-refractivity contribution in [1.29, 1.82) is 0 Å². The molecule has 0 bridgehead atoms. The number of rotatable bonds is 0. The summed E-state index contributed by atoms with van der Waals surface area (Å²) < 4.78 is 0. The molecule has 0 saturated heterocycles. The maximum atomic E-state index is 0. The maximum Gasteiger partial charge on any atom is 0 e. The third-order valence-corrected chi connectivity index (χ3v) is 0. The minimum atomic E-state index is 0. The third kappa shape index (κ3) is 23.4. The van der Waals surface area contributed by atoms with Gasteiger partial charge in [0.25, 0.3) is 0 Å². The molecule has 0 aliphatic carbocycles. The van der Waals surface area contributed by atoms with Gasteiger partial charge >= 0.3 is 0 Å². The molecular weight excluding hydrogens is 261 g/mol. The van der Waals surface area contributed by atoms with Crippen molar-refractivity contribution in [1.82, 2.24) is 0 Å². The first kappa shape index (κ1) is 60.3. The molecule has 0 nitrogen and oxygen atoms in total. The largest absolute Gasteiger partial charge is 0.147 e. The Hall–Kier alpha value is 2.09. The van der Waals surface area contributed by atoms with E-state index in [9.17, 15) is 0 Å². The smallest absolute Gasteiger partial charge is 0 e. The molecule has 0 saturated carbocycles. The van der Waals surface area contributed by atoms with Gasteiger partial charge in [-0.1, -0.05) is 0 Å². The topological polar surface area (TPSA) is 0 Å². The van der Waals surface area contributed by atoms with Crippen LogP contribution in [-0.4, -0.2) is 0 Å². The van der Waals surface area contributed by atoms with E-state index in [1.807, 2.05) is 0 Å². The van der Waals surface area contributed by atoms with Gasteiger partial charge in [-0.3, -0.25) is 0 Å². The Labute approximate surface area is 75.1 Å². The van der Waals surface area contributed by atoms with Crippen LogP contribution < -0.4 is 0 Å². The summed E-state index contributed by atoms with van der Waals surface area (Å²) in [4.78, 5) is 0. The fourth-order valence-electron chi connectivity index (χ4n) is 0. The summed E-state index contributed by atoms with van der Waals surface area (Å²) in [7, 11) is 0. The molecule has 5 heteroatoms. The third-order valence-electron chi connectivity index (χ3n) is 0. The van der Waals surface area contributed by atoms with Gasteiger partial charge in [-0.05, 0) is 0 Å². The van der Waals surface area contributed by atoms with Crippen LogP contribution in [0, 0.1) is 0 Å². The van der Waals surface area contributed by atoms with E-state index in [2.05, 4.69) is 0 Å². The molecule has 0 aliphatic heterocycles. The van der Waals surface area contributed by atoms with Crippen LogP contribution in [0.5, 0.6) is 0 Å². The van der Waals surface area contributed by atoms with Gasteiger partial charge in [0, 0.05) is 33.9 Å². The van der Waals surface area contributed by atoms with Crippen LogP contribution in [0.25, 0.3) is 0 Å². The van der Waals surface area contributed by atoms with Crippen LogP contribution in [0.3, 0.4) is 0 Å². The van der Waals surface area contributed by atoms with Crippen LogP contribution in [0.15, 0.2) is 0 Å². The second-order valence-corrected chi connectivity index (χ2v) is 0. The van der Waals surface area contributed by atoms with E-state index in [-0.39, 0.29) is 75.6 Å². The Balaban J connectivity index is 0. The van der Waals surface area contributed by atoms with Crippen molar-refractivity contribution in [2.75, 3.05) is 0 Å². The summed E-state index contributed by atoms with van der Waals surface area (Å²) in [5.41, 5.74) is 0. The zero-order valence-electron chi connectivity index (χ0n) is 1.95. The summed E-state index contributed by atoms with van der Waals surface area (Å²) in [6, 6.07) is 0. The van der Waals surface area contributed by atoms with Crippen molar-refractivity contribution in [3.8, 4) is 0 Å². The summed E-state index contributed by atoms with van der Waals surface area (Å²) in [5, 5.41) is 0. The first-order valence-electron chi connectivity index (χ1n) is 0. The second-order valence-electron chi connectivity index (χ2n) is 0. The van der Waals surface area contributed by atoms with Crippen molar-refractivity contribution in [2.24, 2.45) is 0 Å². The summed E-state index contributed by atoms with van der Waals surface area (Å²) in [6.45, 7) is 0. The molecule has 40 valence electrons. The van der Waals surface area contributed by atoms with Crippen molar-refractivity contribution < 1.29 is 33.9 Å². The zero-order valence-corrected chi connectivity index (χ0v) is 7.56. The summed E-state index contributed by atoms with van der Waals surface area (Å²) >= 11 is 0. The first-order chi connectivity index (χ1) is 0. The fourth-order valence-corrected chi connectivity index (χ4v) is 0. The van der Waals surface area contributed by atoms with Gasteiger partial charge in [0.1, 0.15) is 0 Å². The Kier molecular flexibility index (Phi) is 436. The molecule has 0 unspecified atom stereocenters. The van der Waals surface area contributed by atoms with E-state index in [1.165, 1.54) is 0 Å². The normalized spacial score (nSPS) is 0. The molecule has 0 aromatic carbocycles. The minimum absolute atomic E-state index is 0. The van der Waals surface area contributed by atoms with Crippen LogP contribution in [0.2, 0.25) is 0 Å². The SMILES string of the molecule is Br.Cl.Cl.[Cr].[Ni]. The van der Waals surface area contributed by atoms with E-state index in [0.29, 0.717) is 0 Å². The van der Waals surface area contributed by atoms with Crippen LogP contribution in [0.4, 0.5) is 0 Å². The van der Waals surface area contributed by atoms with Gasteiger partial charge in [-0.2, -0.15) is 0 Å². The van der Waals surface area contributed by atoms with Crippen molar-refractivity contribution >= 4 is 41.8 Å². The van der Waals surface area contributed by atoms with Crippen molar-refractivity contribution in [3.63, 3.8) is 0 Å². The predicted octanol–water partition coefficient (Wildman–Crippen LogP) is 1.42. The Morgan fingerprint density at radius 1 is 0.800 bits per heavy atom. The van der Waals surface area contributed by atoms with Crippen LogP contribution >= 0.6 is 41.8 Å². The van der Waals surface area contributed by atoms with E-state index < -0.39 is 0 Å². The monoisotopic (exact) mass is 262 g/mol. The van der Waals surface area contributed by atoms with Gasteiger partial charge in [0.05, 0.1) is 0 Å². The van der Waals surface area contributed by atoms with E-state index in [0.717, 1.165) is 0 Å². The van der Waals surface area contributed by atoms with Gasteiger partial charge in [0.2, 0.25) is 0 Å². The summed E-state index contributed by atoms with van der Waals surface area (Å²) in [5.74, 6) is 0. The number of halogens is 3. The van der Waals surface area contributed by atoms with Gasteiger partial charge < -0.3 is 0 Å². The molecule has 0 aliphatic rings. The van der Waals surface area contributed by atoms with Gasteiger partial charge in [0.15, 0.2) is 0 Å². The van der Waals surface area contributed by atoms with Crippen molar-refractivity contribution in [3.05, 3.63) is 0 Å². The minimum Gasteiger partial charge on any atom is -0.147 e. The van der Waals surface area contributed by atoms with Crippen molar-refractivity contribution in [2.45, 2.75) is 0 Å². The molecule has 0 aromatic heterocycles. The maximum absolute atomic E-state index is 0. The van der Waals surface area contributed by atoms with E-state index in [1.54, 1.807) is 0 Å². The fraction of sp³-hybridized carbons (Fsp3) is 0. The molecule has 5 heavy (non-hydrogen) atoms.